The standard InChI is InChI=1S/C19H22N4O2/c1-2-3-10-19(21-22-19)11-12-20-17(24)14-15-7-4-5-8-16(15)23-13-6-9-18(23)25/h1,4-5,7-8H,3,6,9-14H2,(H,20,24). The lowest BCUT2D eigenvalue weighted by molar-refractivity contribution is -0.120. The van der Waals surface area contributed by atoms with Crippen molar-refractivity contribution in [3.05, 3.63) is 29.8 Å². The summed E-state index contributed by atoms with van der Waals surface area (Å²) in [6.07, 6.45) is 9.02. The number of benzene rings is 1. The fraction of sp³-hybridized carbons (Fsp3) is 0.474. The molecule has 0 bridgehead atoms. The number of nitrogens with one attached hydrogen (secondary N) is 1. The van der Waals surface area contributed by atoms with Gasteiger partial charge in [0.05, 0.1) is 6.42 Å². The highest BCUT2D eigenvalue weighted by Crippen LogP contribution is 2.36. The van der Waals surface area contributed by atoms with Crippen LogP contribution in [-0.2, 0) is 16.0 Å². The molecule has 0 spiro atoms. The second-order valence-electron chi connectivity index (χ2n) is 6.44. The van der Waals surface area contributed by atoms with E-state index in [1.165, 1.54) is 0 Å². The van der Waals surface area contributed by atoms with Gasteiger partial charge in [0.25, 0.3) is 0 Å². The summed E-state index contributed by atoms with van der Waals surface area (Å²) in [6.45, 7) is 1.24. The predicted molar refractivity (Wildman–Crippen MR) is 95.0 cm³/mol. The Kier molecular flexibility index (Phi) is 5.13. The van der Waals surface area contributed by atoms with Crippen LogP contribution >= 0.6 is 0 Å². The number of hydrogen-bond acceptors (Lipinski definition) is 4. The average molecular weight is 338 g/mol. The summed E-state index contributed by atoms with van der Waals surface area (Å²) >= 11 is 0. The highest BCUT2D eigenvalue weighted by Gasteiger charge is 2.38. The minimum atomic E-state index is -0.375. The number of anilines is 1. The van der Waals surface area contributed by atoms with Gasteiger partial charge in [0.1, 0.15) is 0 Å². The minimum Gasteiger partial charge on any atom is -0.356 e. The van der Waals surface area contributed by atoms with Crippen molar-refractivity contribution in [2.75, 3.05) is 18.0 Å². The Labute approximate surface area is 147 Å². The fourth-order valence-electron chi connectivity index (χ4n) is 3.13. The number of terminal acetylenes is 1. The molecule has 2 aliphatic heterocycles. The number of rotatable bonds is 8. The smallest absolute Gasteiger partial charge is 0.227 e. The summed E-state index contributed by atoms with van der Waals surface area (Å²) in [4.78, 5) is 26.0. The second-order valence-corrected chi connectivity index (χ2v) is 6.44. The van der Waals surface area contributed by atoms with Crippen molar-refractivity contribution >= 4 is 17.5 Å². The number of amides is 2. The van der Waals surface area contributed by atoms with Crippen LogP contribution in [0.5, 0.6) is 0 Å². The van der Waals surface area contributed by atoms with Crippen molar-refractivity contribution in [2.45, 2.75) is 44.2 Å². The van der Waals surface area contributed by atoms with Crippen molar-refractivity contribution in [3.63, 3.8) is 0 Å². The first-order chi connectivity index (χ1) is 12.1. The van der Waals surface area contributed by atoms with Crippen molar-refractivity contribution in [3.8, 4) is 12.3 Å². The van der Waals surface area contributed by atoms with Crippen molar-refractivity contribution in [1.82, 2.24) is 5.32 Å². The van der Waals surface area contributed by atoms with Crippen LogP contribution in [0.4, 0.5) is 5.69 Å². The molecular weight excluding hydrogens is 316 g/mol. The van der Waals surface area contributed by atoms with Gasteiger partial charge in [0.2, 0.25) is 11.8 Å². The SMILES string of the molecule is C#CCCC1(CCNC(=O)Cc2ccccc2N2CCCC2=O)N=N1. The van der Waals surface area contributed by atoms with Crippen LogP contribution in [-0.4, -0.2) is 30.6 Å². The molecule has 1 aromatic rings. The van der Waals surface area contributed by atoms with Crippen molar-refractivity contribution in [2.24, 2.45) is 10.2 Å². The lowest BCUT2D eigenvalue weighted by atomic mass is 10.0. The third-order valence-corrected chi connectivity index (χ3v) is 4.61. The van der Waals surface area contributed by atoms with Gasteiger partial charge in [-0.1, -0.05) is 18.2 Å². The van der Waals surface area contributed by atoms with Gasteiger partial charge in [0.15, 0.2) is 5.66 Å². The first kappa shape index (κ1) is 17.2. The zero-order chi connectivity index (χ0) is 17.7. The molecule has 2 amide bonds. The Balaban J connectivity index is 1.52. The van der Waals surface area contributed by atoms with Gasteiger partial charge in [-0.25, -0.2) is 0 Å². The third kappa shape index (κ3) is 4.24. The average Bonchev–Trinajstić information content (AvgIpc) is 3.25. The van der Waals surface area contributed by atoms with E-state index >= 15 is 0 Å². The minimum absolute atomic E-state index is 0.0631. The number of nitrogens with zero attached hydrogens (tertiary/aromatic N) is 3. The van der Waals surface area contributed by atoms with Gasteiger partial charge >= 0.3 is 0 Å². The Morgan fingerprint density at radius 1 is 1.32 bits per heavy atom. The van der Waals surface area contributed by atoms with E-state index in [9.17, 15) is 9.59 Å². The molecule has 0 saturated carbocycles. The molecule has 6 nitrogen and oxygen atoms in total. The van der Waals surface area contributed by atoms with Gasteiger partial charge in [-0.15, -0.1) is 12.3 Å². The molecule has 3 rings (SSSR count). The van der Waals surface area contributed by atoms with Gasteiger partial charge in [-0.2, -0.15) is 10.2 Å². The van der Waals surface area contributed by atoms with Crippen LogP contribution in [0.25, 0.3) is 0 Å². The summed E-state index contributed by atoms with van der Waals surface area (Å²) in [7, 11) is 0. The van der Waals surface area contributed by atoms with E-state index in [4.69, 9.17) is 6.42 Å². The summed E-state index contributed by atoms with van der Waals surface area (Å²) < 4.78 is 0. The summed E-state index contributed by atoms with van der Waals surface area (Å²) in [5.74, 6) is 2.65. The number of carbonyl (C=O) groups excluding carboxylic acids is 2. The van der Waals surface area contributed by atoms with E-state index in [1.54, 1.807) is 4.90 Å². The first-order valence-corrected chi connectivity index (χ1v) is 8.66. The van der Waals surface area contributed by atoms with Crippen LogP contribution in [0.1, 0.15) is 37.7 Å². The molecule has 1 fully saturated rings. The van der Waals surface area contributed by atoms with E-state index in [1.807, 2.05) is 24.3 Å². The van der Waals surface area contributed by atoms with E-state index in [-0.39, 0.29) is 23.9 Å². The van der Waals surface area contributed by atoms with Gasteiger partial charge < -0.3 is 10.2 Å². The van der Waals surface area contributed by atoms with Crippen molar-refractivity contribution < 1.29 is 9.59 Å². The fourth-order valence-corrected chi connectivity index (χ4v) is 3.13. The number of para-hydroxylation sites is 1. The molecule has 0 radical (unpaired) electrons. The molecule has 2 heterocycles. The maximum absolute atomic E-state index is 12.3. The molecule has 0 atom stereocenters. The molecular formula is C19H22N4O2. The molecule has 0 unspecified atom stereocenters. The van der Waals surface area contributed by atoms with E-state index in [2.05, 4.69) is 21.5 Å². The lowest BCUT2D eigenvalue weighted by Gasteiger charge is -2.19. The molecule has 130 valence electrons. The van der Waals surface area contributed by atoms with Crippen LogP contribution in [0.2, 0.25) is 0 Å². The highest BCUT2D eigenvalue weighted by atomic mass is 16.2. The molecule has 0 aliphatic carbocycles. The van der Waals surface area contributed by atoms with Gasteiger partial charge in [0, 0.05) is 44.5 Å². The van der Waals surface area contributed by atoms with Gasteiger partial charge in [-0.3, -0.25) is 9.59 Å². The predicted octanol–water partition coefficient (Wildman–Crippen LogP) is 2.44. The maximum atomic E-state index is 12.3. The van der Waals surface area contributed by atoms with Gasteiger partial charge in [-0.05, 0) is 18.1 Å². The van der Waals surface area contributed by atoms with E-state index in [0.29, 0.717) is 25.8 Å². The summed E-state index contributed by atoms with van der Waals surface area (Å²) in [5.41, 5.74) is 1.34. The molecule has 2 aliphatic rings. The molecule has 1 N–H and O–H groups in total. The Bertz CT molecular complexity index is 729. The number of carbonyl (C=O) groups is 2. The first-order valence-electron chi connectivity index (χ1n) is 8.66. The zero-order valence-electron chi connectivity index (χ0n) is 14.2. The largest absolute Gasteiger partial charge is 0.356 e. The van der Waals surface area contributed by atoms with Crippen LogP contribution < -0.4 is 10.2 Å². The lowest BCUT2D eigenvalue weighted by Crippen LogP contribution is -2.30. The van der Waals surface area contributed by atoms with Crippen molar-refractivity contribution in [1.29, 1.82) is 0 Å². The molecule has 1 saturated heterocycles. The van der Waals surface area contributed by atoms with E-state index < -0.39 is 0 Å². The topological polar surface area (TPSA) is 74.1 Å². The van der Waals surface area contributed by atoms with Crippen LogP contribution in [0.15, 0.2) is 34.5 Å². The summed E-state index contributed by atoms with van der Waals surface area (Å²) in [6, 6.07) is 7.60. The normalized spacial score (nSPS) is 17.4. The number of hydrogen-bond donors (Lipinski definition) is 1. The summed E-state index contributed by atoms with van der Waals surface area (Å²) in [5, 5.41) is 11.0. The Morgan fingerprint density at radius 2 is 2.12 bits per heavy atom. The van der Waals surface area contributed by atoms with Crippen LogP contribution in [0.3, 0.4) is 0 Å². The highest BCUT2D eigenvalue weighted by molar-refractivity contribution is 5.96. The maximum Gasteiger partial charge on any atom is 0.227 e. The monoisotopic (exact) mass is 338 g/mol. The Morgan fingerprint density at radius 3 is 2.80 bits per heavy atom. The van der Waals surface area contributed by atoms with Crippen LogP contribution in [0, 0.1) is 12.3 Å². The van der Waals surface area contributed by atoms with E-state index in [0.717, 1.165) is 30.6 Å². The quantitative estimate of drug-likeness (QED) is 0.739. The zero-order valence-corrected chi connectivity index (χ0v) is 14.2. The molecule has 0 aromatic heterocycles. The molecule has 6 heteroatoms. The Hall–Kier alpha value is -2.68. The third-order valence-electron chi connectivity index (χ3n) is 4.61. The molecule has 25 heavy (non-hydrogen) atoms. The second kappa shape index (κ2) is 7.47. The molecule has 1 aromatic carbocycles.